The lowest BCUT2D eigenvalue weighted by Crippen LogP contribution is -2.42. The number of Topliss-reactive ketones (excluding diaryl/α,β-unsaturated/α-hetero) is 1. The van der Waals surface area contributed by atoms with E-state index in [0.717, 1.165) is 67.8 Å². The molecule has 5 rings (SSSR count). The molecule has 10 nitrogen and oxygen atoms in total. The van der Waals surface area contributed by atoms with Crippen LogP contribution < -0.4 is 21.3 Å². The van der Waals surface area contributed by atoms with Gasteiger partial charge in [-0.1, -0.05) is 72.8 Å². The van der Waals surface area contributed by atoms with E-state index in [1.807, 2.05) is 66.7 Å². The number of piperidine rings is 1. The molecule has 4 aromatic carbocycles. The number of hydrogen-bond acceptors (Lipinski definition) is 8. The maximum atomic E-state index is 12.8. The summed E-state index contributed by atoms with van der Waals surface area (Å²) in [6.45, 7) is 4.53. The highest BCUT2D eigenvalue weighted by Crippen LogP contribution is 2.28. The summed E-state index contributed by atoms with van der Waals surface area (Å²) >= 11 is 0. The van der Waals surface area contributed by atoms with Crippen molar-refractivity contribution in [3.05, 3.63) is 114 Å². The van der Waals surface area contributed by atoms with Crippen molar-refractivity contribution in [2.45, 2.75) is 31.8 Å². The molecule has 49 heavy (non-hydrogen) atoms. The van der Waals surface area contributed by atoms with Crippen LogP contribution in [0.2, 0.25) is 0 Å². The predicted molar refractivity (Wildman–Crippen MR) is 193 cm³/mol. The molecule has 1 fully saturated rings. The summed E-state index contributed by atoms with van der Waals surface area (Å²) in [5.74, 6) is 0.0821. The second-order valence-electron chi connectivity index (χ2n) is 12.1. The van der Waals surface area contributed by atoms with E-state index in [1.165, 1.54) is 0 Å². The van der Waals surface area contributed by atoms with E-state index < -0.39 is 6.09 Å². The van der Waals surface area contributed by atoms with E-state index >= 15 is 0 Å². The van der Waals surface area contributed by atoms with Gasteiger partial charge in [0, 0.05) is 56.0 Å². The van der Waals surface area contributed by atoms with Crippen molar-refractivity contribution in [3.8, 4) is 16.9 Å². The number of ketones is 1. The molecule has 0 bridgehead atoms. The Morgan fingerprint density at radius 1 is 0.776 bits per heavy atom. The molecule has 0 aromatic heterocycles. The van der Waals surface area contributed by atoms with Crippen LogP contribution in [0.1, 0.15) is 35.2 Å². The van der Waals surface area contributed by atoms with Crippen molar-refractivity contribution < 1.29 is 24.2 Å². The smallest absolute Gasteiger partial charge is 0.411 e. The highest BCUT2D eigenvalue weighted by Gasteiger charge is 2.22. The molecule has 0 atom stereocenters. The van der Waals surface area contributed by atoms with Crippen molar-refractivity contribution in [2.24, 2.45) is 0 Å². The molecule has 1 saturated heterocycles. The molecule has 1 aliphatic rings. The molecular weight excluding hydrogens is 618 g/mol. The van der Waals surface area contributed by atoms with Gasteiger partial charge < -0.3 is 30.7 Å². The van der Waals surface area contributed by atoms with Crippen LogP contribution in [0.15, 0.2) is 103 Å². The van der Waals surface area contributed by atoms with Crippen LogP contribution in [-0.4, -0.2) is 79.7 Å². The molecule has 5 N–H and O–H groups in total. The molecule has 256 valence electrons. The predicted octanol–water partition coefficient (Wildman–Crippen LogP) is 5.71. The fourth-order valence-corrected chi connectivity index (χ4v) is 5.76. The second kappa shape index (κ2) is 18.5. The van der Waals surface area contributed by atoms with Crippen LogP contribution in [0, 0.1) is 0 Å². The van der Waals surface area contributed by atoms with E-state index in [-0.39, 0.29) is 30.1 Å². The van der Waals surface area contributed by atoms with Gasteiger partial charge in [0.05, 0.1) is 12.2 Å². The number of nitrogens with one attached hydrogen (secondary N) is 4. The third-order valence-corrected chi connectivity index (χ3v) is 8.47. The summed E-state index contributed by atoms with van der Waals surface area (Å²) in [7, 11) is 0. The van der Waals surface area contributed by atoms with Gasteiger partial charge in [-0.15, -0.1) is 0 Å². The number of nitrogens with zero attached hydrogens (tertiary/aromatic N) is 1. The summed E-state index contributed by atoms with van der Waals surface area (Å²) < 4.78 is 5.75. The first-order valence-corrected chi connectivity index (χ1v) is 16.9. The summed E-state index contributed by atoms with van der Waals surface area (Å²) in [5, 5.41) is 21.7. The quantitative estimate of drug-likeness (QED) is 0.0762. The minimum Gasteiger partial charge on any atom is -0.508 e. The third-order valence-electron chi connectivity index (χ3n) is 8.47. The monoisotopic (exact) mass is 663 g/mol. The number of carbonyl (C=O) groups is 3. The van der Waals surface area contributed by atoms with E-state index in [0.29, 0.717) is 30.8 Å². The number of hydrogen-bond donors (Lipinski definition) is 5. The Hall–Kier alpha value is -5.03. The number of phenolic OH excluding ortho intramolecular Hbond substituents is 1. The third kappa shape index (κ3) is 11.6. The minimum absolute atomic E-state index is 0.0426. The van der Waals surface area contributed by atoms with E-state index in [4.69, 9.17) is 4.74 Å². The lowest BCUT2D eigenvalue weighted by Gasteiger charge is -2.31. The van der Waals surface area contributed by atoms with Crippen LogP contribution >= 0.6 is 0 Å². The number of rotatable bonds is 16. The van der Waals surface area contributed by atoms with Crippen molar-refractivity contribution in [1.82, 2.24) is 15.5 Å². The molecule has 0 saturated carbocycles. The maximum absolute atomic E-state index is 12.8. The largest absolute Gasteiger partial charge is 0.508 e. The average molecular weight is 664 g/mol. The lowest BCUT2D eigenvalue weighted by molar-refractivity contribution is -0.116. The molecule has 4 aromatic rings. The number of benzene rings is 4. The van der Waals surface area contributed by atoms with Crippen molar-refractivity contribution in [2.75, 3.05) is 56.4 Å². The second-order valence-corrected chi connectivity index (χ2v) is 12.1. The molecule has 0 aliphatic carbocycles. The van der Waals surface area contributed by atoms with Gasteiger partial charge in [0.2, 0.25) is 5.91 Å². The number of anilines is 2. The molecule has 10 heteroatoms. The zero-order chi connectivity index (χ0) is 34.3. The highest BCUT2D eigenvalue weighted by atomic mass is 16.6. The maximum Gasteiger partial charge on any atom is 0.411 e. The van der Waals surface area contributed by atoms with Crippen molar-refractivity contribution in [1.29, 1.82) is 0 Å². The van der Waals surface area contributed by atoms with Crippen LogP contribution in [0.5, 0.6) is 5.75 Å². The first kappa shape index (κ1) is 35.3. The zero-order valence-corrected chi connectivity index (χ0v) is 27.7. The number of amides is 2. The SMILES string of the molecule is O=C(CCNCCc1ccc(O)cc1)Nc1cccc(C(=O)CNCCN2CCC(OC(=O)Nc3ccccc3-c3ccccc3)CC2)c1. The van der Waals surface area contributed by atoms with Gasteiger partial charge in [-0.25, -0.2) is 4.79 Å². The van der Waals surface area contributed by atoms with E-state index in [2.05, 4.69) is 26.2 Å². The number of carbonyl (C=O) groups excluding carboxylic acids is 3. The Labute approximate surface area is 287 Å². The summed E-state index contributed by atoms with van der Waals surface area (Å²) in [4.78, 5) is 40.3. The Kier molecular flexibility index (Phi) is 13.3. The van der Waals surface area contributed by atoms with Gasteiger partial charge in [-0.2, -0.15) is 0 Å². The van der Waals surface area contributed by atoms with Gasteiger partial charge in [-0.05, 0) is 67.3 Å². The van der Waals surface area contributed by atoms with Crippen LogP contribution in [-0.2, 0) is 16.0 Å². The van der Waals surface area contributed by atoms with Crippen LogP contribution in [0.4, 0.5) is 16.2 Å². The van der Waals surface area contributed by atoms with Gasteiger partial charge in [0.25, 0.3) is 0 Å². The Morgan fingerprint density at radius 3 is 2.33 bits per heavy atom. The average Bonchev–Trinajstić information content (AvgIpc) is 3.12. The Balaban J connectivity index is 0.940. The standard InChI is InChI=1S/C39H45N5O5/c45-33-15-13-29(14-16-33)17-21-40-22-18-38(47)42-32-10-6-9-31(27-32)37(46)28-41-23-26-44-24-19-34(20-25-44)49-39(48)43-36-12-5-4-11-35(36)30-7-2-1-3-8-30/h1-16,27,34,40-41,45H,17-26,28H2,(H,42,47)(H,43,48). The number of ether oxygens (including phenoxy) is 1. The molecule has 0 unspecified atom stereocenters. The minimum atomic E-state index is -0.444. The topological polar surface area (TPSA) is 132 Å². The lowest BCUT2D eigenvalue weighted by atomic mass is 10.0. The highest BCUT2D eigenvalue weighted by molar-refractivity contribution is 5.99. The summed E-state index contributed by atoms with van der Waals surface area (Å²) in [5.41, 5.74) is 4.94. The molecule has 2 amide bonds. The van der Waals surface area contributed by atoms with Gasteiger partial charge in [-0.3, -0.25) is 14.9 Å². The summed E-state index contributed by atoms with van der Waals surface area (Å²) in [6.07, 6.45) is 2.04. The first-order valence-electron chi connectivity index (χ1n) is 16.9. The van der Waals surface area contributed by atoms with Crippen LogP contribution in [0.3, 0.4) is 0 Å². The van der Waals surface area contributed by atoms with Crippen molar-refractivity contribution >= 4 is 29.2 Å². The molecular formula is C39H45N5O5. The van der Waals surface area contributed by atoms with Gasteiger partial charge in [0.15, 0.2) is 5.78 Å². The van der Waals surface area contributed by atoms with Crippen LogP contribution in [0.25, 0.3) is 11.1 Å². The Morgan fingerprint density at radius 2 is 1.53 bits per heavy atom. The number of likely N-dealkylation sites (tertiary alicyclic amines) is 1. The van der Waals surface area contributed by atoms with Gasteiger partial charge >= 0.3 is 6.09 Å². The first-order chi connectivity index (χ1) is 23.9. The Bertz CT molecular complexity index is 1660. The molecule has 0 spiro atoms. The summed E-state index contributed by atoms with van der Waals surface area (Å²) in [6, 6.07) is 31.7. The van der Waals surface area contributed by atoms with Gasteiger partial charge in [0.1, 0.15) is 11.9 Å². The number of phenols is 1. The molecule has 1 aliphatic heterocycles. The van der Waals surface area contributed by atoms with E-state index in [9.17, 15) is 19.5 Å². The normalized spacial score (nSPS) is 13.5. The zero-order valence-electron chi connectivity index (χ0n) is 27.7. The fraction of sp³-hybridized carbons (Fsp3) is 0.308. The van der Waals surface area contributed by atoms with E-state index in [1.54, 1.807) is 36.4 Å². The molecule has 0 radical (unpaired) electrons. The number of aromatic hydroxyl groups is 1. The number of para-hydroxylation sites is 1. The molecule has 1 heterocycles. The van der Waals surface area contributed by atoms with Crippen molar-refractivity contribution in [3.63, 3.8) is 0 Å². The fourth-order valence-electron chi connectivity index (χ4n) is 5.76.